The van der Waals surface area contributed by atoms with E-state index in [9.17, 15) is 9.59 Å². The van der Waals surface area contributed by atoms with E-state index in [2.05, 4.69) is 20.6 Å². The van der Waals surface area contributed by atoms with Crippen LogP contribution < -0.4 is 31.6 Å². The van der Waals surface area contributed by atoms with E-state index in [0.717, 1.165) is 25.7 Å². The van der Waals surface area contributed by atoms with Crippen molar-refractivity contribution in [2.45, 2.75) is 43.4 Å². The molecule has 2 heterocycles. The Morgan fingerprint density at radius 1 is 0.978 bits per heavy atom. The Kier molecular flexibility index (Phi) is 14.6. The van der Waals surface area contributed by atoms with Gasteiger partial charge in [0.25, 0.3) is 11.8 Å². The molecule has 1 aliphatic rings. The molecule has 0 aliphatic heterocycles. The highest BCUT2D eigenvalue weighted by atomic mass is 35.5. The lowest BCUT2D eigenvalue weighted by Crippen LogP contribution is -2.50. The number of pyridine rings is 2. The van der Waals surface area contributed by atoms with E-state index in [1.807, 2.05) is 0 Å². The van der Waals surface area contributed by atoms with Crippen LogP contribution in [0.1, 0.15) is 46.5 Å². The van der Waals surface area contributed by atoms with Crippen molar-refractivity contribution in [2.24, 2.45) is 11.5 Å². The molecule has 2 aromatic heterocycles. The molecule has 1 saturated carbocycles. The summed E-state index contributed by atoms with van der Waals surface area (Å²) in [7, 11) is 1.60. The van der Waals surface area contributed by atoms with E-state index in [4.69, 9.17) is 52.6 Å². The first-order valence-electron chi connectivity index (χ1n) is 14.6. The zero-order valence-corrected chi connectivity index (χ0v) is 26.3. The Bertz CT molecular complexity index is 1390. The Balaban J connectivity index is 0.000000637. The number of amides is 2. The van der Waals surface area contributed by atoms with Gasteiger partial charge in [0.2, 0.25) is 0 Å². The molecule has 250 valence electrons. The molecular formula is C31H41ClN6O8. The number of ether oxygens (including phenoxy) is 3. The van der Waals surface area contributed by atoms with Crippen LogP contribution >= 0.6 is 11.6 Å². The Morgan fingerprint density at radius 2 is 1.70 bits per heavy atom. The van der Waals surface area contributed by atoms with Crippen molar-refractivity contribution >= 4 is 34.9 Å². The van der Waals surface area contributed by atoms with Crippen LogP contribution in [0.5, 0.6) is 11.5 Å². The number of benzene rings is 1. The summed E-state index contributed by atoms with van der Waals surface area (Å²) < 4.78 is 17.0. The maximum Gasteiger partial charge on any atom is 0.277 e. The highest BCUT2D eigenvalue weighted by Gasteiger charge is 2.24. The third-order valence-electron chi connectivity index (χ3n) is 6.95. The predicted octanol–water partition coefficient (Wildman–Crippen LogP) is 1.97. The number of carbonyl (C=O) groups is 2. The average Bonchev–Trinajstić information content (AvgIpc) is 3.07. The van der Waals surface area contributed by atoms with Gasteiger partial charge < -0.3 is 51.6 Å². The zero-order chi connectivity index (χ0) is 33.5. The van der Waals surface area contributed by atoms with E-state index in [1.165, 1.54) is 12.4 Å². The first-order chi connectivity index (χ1) is 22.1. The van der Waals surface area contributed by atoms with E-state index in [0.29, 0.717) is 41.1 Å². The monoisotopic (exact) mass is 660 g/mol. The Morgan fingerprint density at radius 3 is 2.30 bits per heavy atom. The number of aliphatic hydroxyl groups excluding tert-OH is 3. The number of halogens is 1. The smallest absolute Gasteiger partial charge is 0.277 e. The van der Waals surface area contributed by atoms with Crippen molar-refractivity contribution in [2.75, 3.05) is 50.8 Å². The van der Waals surface area contributed by atoms with Gasteiger partial charge in [0.1, 0.15) is 23.9 Å². The van der Waals surface area contributed by atoms with E-state index in [1.54, 1.807) is 49.6 Å². The van der Waals surface area contributed by atoms with Crippen molar-refractivity contribution < 1.29 is 39.1 Å². The van der Waals surface area contributed by atoms with Gasteiger partial charge in [-0.25, -0.2) is 9.97 Å². The van der Waals surface area contributed by atoms with Crippen LogP contribution in [-0.2, 0) is 4.74 Å². The molecule has 0 saturated heterocycles. The summed E-state index contributed by atoms with van der Waals surface area (Å²) in [6.07, 6.45) is 6.11. The van der Waals surface area contributed by atoms with Crippen molar-refractivity contribution in [3.8, 4) is 11.5 Å². The van der Waals surface area contributed by atoms with E-state index < -0.39 is 37.2 Å². The lowest BCUT2D eigenvalue weighted by Gasteiger charge is -2.27. The summed E-state index contributed by atoms with van der Waals surface area (Å²) >= 11 is 5.86. The van der Waals surface area contributed by atoms with Gasteiger partial charge >= 0.3 is 0 Å². The van der Waals surface area contributed by atoms with Crippen molar-refractivity contribution in [1.82, 2.24) is 9.97 Å². The number of methoxy groups -OCH3 is 1. The topological polar surface area (TPSA) is 224 Å². The molecule has 1 aromatic carbocycles. The third kappa shape index (κ3) is 11.2. The standard InChI is InChI=1S/C27H30ClN5O5.C4H11NO3/c1-36-13-14-37-20-9-10-21(23(15-20)38-19-7-5-18(29)6-8-19)26(34)32-22-3-2-12-30-25(22)27(35)33-24-11-4-17(28)16-31-24;5-4(1-6,2-7)3-8/h2-4,9-12,15-16,18-19H,5-8,13-14,29H2,1H3,(H,32,34)(H,31,33,35);6-8H,1-3,5H2. The van der Waals surface area contributed by atoms with Crippen molar-refractivity contribution in [3.63, 3.8) is 0 Å². The fourth-order valence-corrected chi connectivity index (χ4v) is 4.27. The maximum atomic E-state index is 13.4. The molecule has 1 fully saturated rings. The number of rotatable bonds is 13. The van der Waals surface area contributed by atoms with Gasteiger partial charge in [0.05, 0.1) is 54.3 Å². The second-order valence-electron chi connectivity index (χ2n) is 10.7. The lowest BCUT2D eigenvalue weighted by atomic mass is 9.93. The fraction of sp³-hybridized carbons (Fsp3) is 0.419. The van der Waals surface area contributed by atoms with Gasteiger partial charge in [-0.1, -0.05) is 11.6 Å². The van der Waals surface area contributed by atoms with Gasteiger partial charge in [0.15, 0.2) is 5.69 Å². The molecule has 0 spiro atoms. The summed E-state index contributed by atoms with van der Waals surface area (Å²) in [4.78, 5) is 34.5. The summed E-state index contributed by atoms with van der Waals surface area (Å²) in [6, 6.07) is 11.6. The molecule has 0 radical (unpaired) electrons. The minimum absolute atomic E-state index is 0.0286. The third-order valence-corrected chi connectivity index (χ3v) is 7.17. The molecule has 0 unspecified atom stereocenters. The second kappa shape index (κ2) is 18.3. The number of aromatic nitrogens is 2. The Hall–Kier alpha value is -3.89. The van der Waals surface area contributed by atoms with Crippen LogP contribution in [-0.4, -0.2) is 94.9 Å². The van der Waals surface area contributed by atoms with Crippen LogP contribution in [0.15, 0.2) is 54.9 Å². The zero-order valence-electron chi connectivity index (χ0n) is 25.5. The molecule has 1 aliphatic carbocycles. The summed E-state index contributed by atoms with van der Waals surface area (Å²) in [5.74, 6) is 0.251. The number of hydrogen-bond acceptors (Lipinski definition) is 12. The molecule has 14 nitrogen and oxygen atoms in total. The highest BCUT2D eigenvalue weighted by molar-refractivity contribution is 6.30. The van der Waals surface area contributed by atoms with Gasteiger partial charge in [-0.2, -0.15) is 0 Å². The first-order valence-corrected chi connectivity index (χ1v) is 15.0. The Labute approximate surface area is 272 Å². The van der Waals surface area contributed by atoms with E-state index >= 15 is 0 Å². The normalized spacial score (nSPS) is 16.1. The minimum atomic E-state index is -1.21. The number of nitrogens with two attached hydrogens (primary N) is 2. The number of aliphatic hydroxyl groups is 3. The van der Waals surface area contributed by atoms with Gasteiger partial charge in [-0.05, 0) is 62.1 Å². The maximum absolute atomic E-state index is 13.4. The molecule has 15 heteroatoms. The lowest BCUT2D eigenvalue weighted by molar-refractivity contribution is 0.0697. The quantitative estimate of drug-likeness (QED) is 0.131. The molecule has 0 bridgehead atoms. The molecule has 46 heavy (non-hydrogen) atoms. The second-order valence-corrected chi connectivity index (χ2v) is 11.1. The number of nitrogens with one attached hydrogen (secondary N) is 2. The van der Waals surface area contributed by atoms with Crippen LogP contribution in [0.4, 0.5) is 11.5 Å². The van der Waals surface area contributed by atoms with E-state index in [-0.39, 0.29) is 23.5 Å². The summed E-state index contributed by atoms with van der Waals surface area (Å²) in [5, 5.41) is 30.9. The number of carbonyl (C=O) groups excluding carboxylic acids is 2. The van der Waals surface area contributed by atoms with Gasteiger partial charge in [-0.3, -0.25) is 9.59 Å². The average molecular weight is 661 g/mol. The van der Waals surface area contributed by atoms with Crippen LogP contribution in [0, 0.1) is 0 Å². The SMILES string of the molecule is COCCOc1ccc(C(=O)Nc2cccnc2C(=O)Nc2ccc(Cl)cn2)c(OC2CCC(N)CC2)c1.NC(CO)(CO)CO. The molecule has 3 aromatic rings. The largest absolute Gasteiger partial charge is 0.491 e. The van der Waals surface area contributed by atoms with Crippen LogP contribution in [0.2, 0.25) is 5.02 Å². The highest BCUT2D eigenvalue weighted by Crippen LogP contribution is 2.30. The molecule has 0 atom stereocenters. The molecular weight excluding hydrogens is 620 g/mol. The number of nitrogens with zero attached hydrogens (tertiary/aromatic N) is 2. The summed E-state index contributed by atoms with van der Waals surface area (Å²) in [6.45, 7) is -0.424. The molecule has 9 N–H and O–H groups in total. The summed E-state index contributed by atoms with van der Waals surface area (Å²) in [5.41, 5.74) is 10.5. The van der Waals surface area contributed by atoms with Crippen LogP contribution in [0.25, 0.3) is 0 Å². The first kappa shape index (κ1) is 36.6. The predicted molar refractivity (Wildman–Crippen MR) is 172 cm³/mol. The molecule has 2 amide bonds. The number of anilines is 2. The van der Waals surface area contributed by atoms with Gasteiger partial charge in [-0.15, -0.1) is 0 Å². The van der Waals surface area contributed by atoms with Crippen LogP contribution in [0.3, 0.4) is 0 Å². The minimum Gasteiger partial charge on any atom is -0.491 e. The fourth-order valence-electron chi connectivity index (χ4n) is 4.16. The van der Waals surface area contributed by atoms with Crippen molar-refractivity contribution in [3.05, 3.63) is 71.1 Å². The number of hydrogen-bond donors (Lipinski definition) is 7. The van der Waals surface area contributed by atoms with Gasteiger partial charge in [0, 0.05) is 31.6 Å². The molecule has 4 rings (SSSR count). The van der Waals surface area contributed by atoms with Crippen molar-refractivity contribution in [1.29, 1.82) is 0 Å².